The van der Waals surface area contributed by atoms with Crippen molar-refractivity contribution in [2.75, 3.05) is 31.2 Å². The summed E-state index contributed by atoms with van der Waals surface area (Å²) in [6.45, 7) is 6.10. The molecular weight excluding hydrogens is 441 g/mol. The molecule has 0 unspecified atom stereocenters. The molecule has 3 heterocycles. The minimum absolute atomic E-state index is 0.295. The summed E-state index contributed by atoms with van der Waals surface area (Å²) in [5, 5.41) is 21.4. The highest BCUT2D eigenvalue weighted by Gasteiger charge is 2.20. The van der Waals surface area contributed by atoms with Crippen LogP contribution >= 0.6 is 23.1 Å². The minimum Gasteiger partial charge on any atom is -0.378 e. The zero-order valence-electron chi connectivity index (χ0n) is 17.0. The van der Waals surface area contributed by atoms with E-state index in [4.69, 9.17) is 4.74 Å². The smallest absolute Gasteiger partial charge is 0.282 e. The van der Waals surface area contributed by atoms with Gasteiger partial charge in [0.05, 0.1) is 19.0 Å². The van der Waals surface area contributed by atoms with Crippen molar-refractivity contribution >= 4 is 35.0 Å². The van der Waals surface area contributed by atoms with Crippen LogP contribution in [0.3, 0.4) is 0 Å². The summed E-state index contributed by atoms with van der Waals surface area (Å²) < 4.78 is 20.5. The van der Waals surface area contributed by atoms with Gasteiger partial charge < -0.3 is 15.0 Å². The standard InChI is InChI=1S/C19H22FN7O2S2/c1-2-27-18(26-7-9-29-10-8-26)24-25-19(27)30-12-15-22-23-17(31-15)16(28)21-11-13-3-5-14(20)6-4-13/h3-6H,2,7-12H2,1H3,(H,21,28). The second-order valence-electron chi connectivity index (χ2n) is 6.73. The number of ether oxygens (including phenoxy) is 1. The van der Waals surface area contributed by atoms with E-state index in [0.717, 1.165) is 41.3 Å². The van der Waals surface area contributed by atoms with Crippen LogP contribution in [0.15, 0.2) is 29.4 Å². The molecule has 2 aromatic heterocycles. The Hall–Kier alpha value is -2.57. The van der Waals surface area contributed by atoms with Crippen LogP contribution in [-0.4, -0.2) is 57.2 Å². The second-order valence-corrected chi connectivity index (χ2v) is 8.73. The van der Waals surface area contributed by atoms with Crippen LogP contribution in [0.4, 0.5) is 10.3 Å². The first-order chi connectivity index (χ1) is 15.1. The number of benzene rings is 1. The summed E-state index contributed by atoms with van der Waals surface area (Å²) >= 11 is 2.76. The Morgan fingerprint density at radius 2 is 1.97 bits per heavy atom. The van der Waals surface area contributed by atoms with E-state index >= 15 is 0 Å². The highest BCUT2D eigenvalue weighted by molar-refractivity contribution is 7.98. The first-order valence-corrected chi connectivity index (χ1v) is 11.7. The molecule has 1 aromatic carbocycles. The van der Waals surface area contributed by atoms with Crippen LogP contribution in [0.2, 0.25) is 0 Å². The van der Waals surface area contributed by atoms with E-state index in [-0.39, 0.29) is 11.7 Å². The van der Waals surface area contributed by atoms with Gasteiger partial charge in [0.15, 0.2) is 5.16 Å². The van der Waals surface area contributed by atoms with Crippen molar-refractivity contribution in [3.8, 4) is 0 Å². The monoisotopic (exact) mass is 463 g/mol. The molecule has 0 bridgehead atoms. The molecule has 0 aliphatic carbocycles. The van der Waals surface area contributed by atoms with Crippen LogP contribution < -0.4 is 10.2 Å². The number of nitrogens with zero attached hydrogens (tertiary/aromatic N) is 6. The molecule has 0 saturated carbocycles. The van der Waals surface area contributed by atoms with E-state index in [1.54, 1.807) is 12.1 Å². The number of halogens is 1. The van der Waals surface area contributed by atoms with Gasteiger partial charge in [-0.05, 0) is 24.6 Å². The van der Waals surface area contributed by atoms with Crippen LogP contribution in [0.5, 0.6) is 0 Å². The highest BCUT2D eigenvalue weighted by Crippen LogP contribution is 2.26. The lowest BCUT2D eigenvalue weighted by atomic mass is 10.2. The molecule has 1 fully saturated rings. The molecule has 1 saturated heterocycles. The predicted molar refractivity (Wildman–Crippen MR) is 116 cm³/mol. The molecule has 164 valence electrons. The zero-order valence-corrected chi connectivity index (χ0v) is 18.6. The number of morpholine rings is 1. The number of nitrogens with one attached hydrogen (secondary N) is 1. The molecule has 1 amide bonds. The number of thioether (sulfide) groups is 1. The highest BCUT2D eigenvalue weighted by atomic mass is 32.2. The van der Waals surface area contributed by atoms with Crippen molar-refractivity contribution in [3.05, 3.63) is 45.7 Å². The van der Waals surface area contributed by atoms with Gasteiger partial charge in [-0.25, -0.2) is 4.39 Å². The lowest BCUT2D eigenvalue weighted by molar-refractivity contribution is 0.0950. The number of aromatic nitrogens is 5. The molecule has 0 spiro atoms. The molecule has 1 N–H and O–H groups in total. The molecule has 4 rings (SSSR count). The zero-order chi connectivity index (χ0) is 21.6. The van der Waals surface area contributed by atoms with Crippen LogP contribution in [-0.2, 0) is 23.6 Å². The number of hydrogen-bond acceptors (Lipinski definition) is 9. The fraction of sp³-hybridized carbons (Fsp3) is 0.421. The summed E-state index contributed by atoms with van der Waals surface area (Å²) in [4.78, 5) is 14.5. The van der Waals surface area contributed by atoms with Crippen molar-refractivity contribution in [1.29, 1.82) is 0 Å². The van der Waals surface area contributed by atoms with Gasteiger partial charge in [0.1, 0.15) is 10.8 Å². The number of hydrogen-bond donors (Lipinski definition) is 1. The summed E-state index contributed by atoms with van der Waals surface area (Å²) in [5.74, 6) is 0.789. The molecule has 12 heteroatoms. The molecule has 0 radical (unpaired) electrons. The van der Waals surface area contributed by atoms with Gasteiger partial charge in [-0.15, -0.1) is 20.4 Å². The lowest BCUT2D eigenvalue weighted by Crippen LogP contribution is -2.38. The van der Waals surface area contributed by atoms with E-state index in [2.05, 4.69) is 42.1 Å². The summed E-state index contributed by atoms with van der Waals surface area (Å²) in [6.07, 6.45) is 0. The van der Waals surface area contributed by atoms with Gasteiger partial charge in [-0.3, -0.25) is 9.36 Å². The first-order valence-electron chi connectivity index (χ1n) is 9.87. The van der Waals surface area contributed by atoms with Crippen LogP contribution in [0, 0.1) is 5.82 Å². The molecule has 31 heavy (non-hydrogen) atoms. The van der Waals surface area contributed by atoms with Gasteiger partial charge in [0.2, 0.25) is 11.0 Å². The van der Waals surface area contributed by atoms with Gasteiger partial charge in [0, 0.05) is 26.2 Å². The molecule has 0 atom stereocenters. The maximum atomic E-state index is 13.0. The number of amides is 1. The molecule has 9 nitrogen and oxygen atoms in total. The maximum Gasteiger partial charge on any atom is 0.282 e. The summed E-state index contributed by atoms with van der Waals surface area (Å²) in [5.41, 5.74) is 0.810. The van der Waals surface area contributed by atoms with E-state index < -0.39 is 0 Å². The van der Waals surface area contributed by atoms with Gasteiger partial charge in [-0.1, -0.05) is 35.2 Å². The molecule has 1 aliphatic heterocycles. The predicted octanol–water partition coefficient (Wildman–Crippen LogP) is 2.35. The second kappa shape index (κ2) is 10.2. The minimum atomic E-state index is -0.308. The number of anilines is 1. The van der Waals surface area contributed by atoms with Gasteiger partial charge >= 0.3 is 0 Å². The summed E-state index contributed by atoms with van der Waals surface area (Å²) in [7, 11) is 0. The third kappa shape index (κ3) is 5.38. The molecule has 3 aromatic rings. The average molecular weight is 464 g/mol. The Bertz CT molecular complexity index is 1020. The topological polar surface area (TPSA) is 98.1 Å². The van der Waals surface area contributed by atoms with Gasteiger partial charge in [0.25, 0.3) is 5.91 Å². The third-order valence-corrected chi connectivity index (χ3v) is 6.74. The van der Waals surface area contributed by atoms with Crippen molar-refractivity contribution in [3.63, 3.8) is 0 Å². The van der Waals surface area contributed by atoms with E-state index in [9.17, 15) is 9.18 Å². The number of carbonyl (C=O) groups excluding carboxylic acids is 1. The van der Waals surface area contributed by atoms with Crippen molar-refractivity contribution in [2.24, 2.45) is 0 Å². The Morgan fingerprint density at radius 1 is 1.19 bits per heavy atom. The van der Waals surface area contributed by atoms with Crippen LogP contribution in [0.1, 0.15) is 27.3 Å². The first kappa shape index (κ1) is 21.7. The van der Waals surface area contributed by atoms with Crippen molar-refractivity contribution < 1.29 is 13.9 Å². The van der Waals surface area contributed by atoms with E-state index in [1.165, 1.54) is 35.2 Å². The van der Waals surface area contributed by atoms with Crippen molar-refractivity contribution in [2.45, 2.75) is 30.9 Å². The SMILES string of the molecule is CCn1c(SCc2nnc(C(=O)NCc3ccc(F)cc3)s2)nnc1N1CCOCC1. The Balaban J connectivity index is 1.33. The van der Waals surface area contributed by atoms with Crippen LogP contribution in [0.25, 0.3) is 0 Å². The largest absolute Gasteiger partial charge is 0.378 e. The van der Waals surface area contributed by atoms with E-state index in [1.807, 2.05) is 0 Å². The fourth-order valence-electron chi connectivity index (χ4n) is 3.05. The maximum absolute atomic E-state index is 13.0. The Morgan fingerprint density at radius 3 is 2.71 bits per heavy atom. The Kier molecular flexibility index (Phi) is 7.10. The lowest BCUT2D eigenvalue weighted by Gasteiger charge is -2.27. The normalized spacial score (nSPS) is 14.1. The molecule has 1 aliphatic rings. The number of carbonyl (C=O) groups is 1. The van der Waals surface area contributed by atoms with Crippen molar-refractivity contribution in [1.82, 2.24) is 30.3 Å². The van der Waals surface area contributed by atoms with Gasteiger partial charge in [-0.2, -0.15) is 0 Å². The quantitative estimate of drug-likeness (QED) is 0.509. The van der Waals surface area contributed by atoms with E-state index in [0.29, 0.717) is 30.5 Å². The Labute approximate surface area is 187 Å². The fourth-order valence-corrected chi connectivity index (χ4v) is 4.79. The number of rotatable bonds is 8. The third-order valence-electron chi connectivity index (χ3n) is 4.66. The molecular formula is C19H22FN7O2S2. The summed E-state index contributed by atoms with van der Waals surface area (Å²) in [6, 6.07) is 5.99. The average Bonchev–Trinajstić information content (AvgIpc) is 3.44.